The van der Waals surface area contributed by atoms with Crippen molar-refractivity contribution in [3.63, 3.8) is 0 Å². The Morgan fingerprint density at radius 2 is 2.47 bits per heavy atom. The predicted molar refractivity (Wildman–Crippen MR) is 55.7 cm³/mol. The van der Waals surface area contributed by atoms with E-state index in [0.29, 0.717) is 5.69 Å². The molecule has 2 aromatic rings. The fourth-order valence-corrected chi connectivity index (χ4v) is 1.94. The van der Waals surface area contributed by atoms with E-state index in [4.69, 9.17) is 5.26 Å². The molecular formula is C9H9N5S. The zero-order valence-corrected chi connectivity index (χ0v) is 9.03. The van der Waals surface area contributed by atoms with Crippen molar-refractivity contribution in [3.05, 3.63) is 23.0 Å². The second kappa shape index (κ2) is 4.19. The molecule has 2 aromatic heterocycles. The van der Waals surface area contributed by atoms with Gasteiger partial charge < -0.3 is 0 Å². The van der Waals surface area contributed by atoms with Crippen LogP contribution in [0.4, 0.5) is 0 Å². The summed E-state index contributed by atoms with van der Waals surface area (Å²) in [6.07, 6.45) is 3.45. The lowest BCUT2D eigenvalue weighted by atomic mass is 10.2. The number of aromatic nitrogens is 4. The Hall–Kier alpha value is -1.74. The molecule has 0 spiro atoms. The molecule has 0 aliphatic rings. The van der Waals surface area contributed by atoms with E-state index in [0.717, 1.165) is 23.7 Å². The first-order valence-corrected chi connectivity index (χ1v) is 5.49. The lowest BCUT2D eigenvalue weighted by Crippen LogP contribution is -2.02. The van der Waals surface area contributed by atoms with E-state index in [9.17, 15) is 0 Å². The molecule has 0 unspecified atom stereocenters. The SMILES string of the molecule is CCCc1c(C#N)nnn1-c1nccs1. The quantitative estimate of drug-likeness (QED) is 0.785. The van der Waals surface area contributed by atoms with Crippen LogP contribution in [0.25, 0.3) is 5.13 Å². The van der Waals surface area contributed by atoms with E-state index in [1.54, 1.807) is 10.9 Å². The van der Waals surface area contributed by atoms with Gasteiger partial charge in [-0.05, 0) is 6.42 Å². The highest BCUT2D eigenvalue weighted by molar-refractivity contribution is 7.12. The Labute approximate surface area is 91.0 Å². The minimum atomic E-state index is 0.395. The van der Waals surface area contributed by atoms with Crippen LogP contribution in [0.2, 0.25) is 0 Å². The average Bonchev–Trinajstić information content (AvgIpc) is 2.85. The Morgan fingerprint density at radius 1 is 1.60 bits per heavy atom. The summed E-state index contributed by atoms with van der Waals surface area (Å²) in [4.78, 5) is 4.15. The van der Waals surface area contributed by atoms with E-state index in [-0.39, 0.29) is 0 Å². The number of nitrogens with zero attached hydrogens (tertiary/aromatic N) is 5. The molecule has 0 saturated heterocycles. The molecular weight excluding hydrogens is 210 g/mol. The van der Waals surface area contributed by atoms with Gasteiger partial charge >= 0.3 is 0 Å². The molecule has 0 atom stereocenters. The smallest absolute Gasteiger partial charge is 0.211 e. The van der Waals surface area contributed by atoms with Crippen LogP contribution in [-0.2, 0) is 6.42 Å². The van der Waals surface area contributed by atoms with Crippen molar-refractivity contribution in [2.24, 2.45) is 0 Å². The van der Waals surface area contributed by atoms with Gasteiger partial charge in [0.1, 0.15) is 6.07 Å². The molecule has 0 bridgehead atoms. The van der Waals surface area contributed by atoms with Gasteiger partial charge in [-0.15, -0.1) is 16.4 Å². The number of thiazole rings is 1. The van der Waals surface area contributed by atoms with Crippen molar-refractivity contribution in [1.29, 1.82) is 5.26 Å². The fraction of sp³-hybridized carbons (Fsp3) is 0.333. The highest BCUT2D eigenvalue weighted by Gasteiger charge is 2.14. The summed E-state index contributed by atoms with van der Waals surface area (Å²) >= 11 is 1.48. The minimum absolute atomic E-state index is 0.395. The topological polar surface area (TPSA) is 67.4 Å². The highest BCUT2D eigenvalue weighted by atomic mass is 32.1. The van der Waals surface area contributed by atoms with Crippen LogP contribution >= 0.6 is 11.3 Å². The summed E-state index contributed by atoms with van der Waals surface area (Å²) < 4.78 is 1.65. The van der Waals surface area contributed by atoms with Crippen LogP contribution in [0.3, 0.4) is 0 Å². The van der Waals surface area contributed by atoms with Gasteiger partial charge in [-0.25, -0.2) is 4.98 Å². The molecule has 0 fully saturated rings. The molecule has 0 amide bonds. The van der Waals surface area contributed by atoms with Crippen LogP contribution in [0.15, 0.2) is 11.6 Å². The second-order valence-electron chi connectivity index (χ2n) is 2.97. The zero-order valence-electron chi connectivity index (χ0n) is 8.21. The predicted octanol–water partition coefficient (Wildman–Crippen LogP) is 1.55. The first-order chi connectivity index (χ1) is 7.36. The first kappa shape index (κ1) is 9.80. The second-order valence-corrected chi connectivity index (χ2v) is 3.85. The third-order valence-corrected chi connectivity index (χ3v) is 2.70. The summed E-state index contributed by atoms with van der Waals surface area (Å²) in [6, 6.07) is 2.05. The molecule has 2 rings (SSSR count). The van der Waals surface area contributed by atoms with Gasteiger partial charge in [-0.2, -0.15) is 9.94 Å². The van der Waals surface area contributed by atoms with Crippen LogP contribution in [0.5, 0.6) is 0 Å². The molecule has 0 aliphatic heterocycles. The zero-order chi connectivity index (χ0) is 10.7. The van der Waals surface area contributed by atoms with Crippen LogP contribution < -0.4 is 0 Å². The molecule has 6 heteroatoms. The molecule has 76 valence electrons. The molecule has 0 radical (unpaired) electrons. The van der Waals surface area contributed by atoms with Crippen LogP contribution in [0, 0.1) is 11.3 Å². The van der Waals surface area contributed by atoms with Crippen molar-refractivity contribution in [1.82, 2.24) is 20.0 Å². The monoisotopic (exact) mass is 219 g/mol. The highest BCUT2D eigenvalue weighted by Crippen LogP contribution is 2.15. The maximum Gasteiger partial charge on any atom is 0.211 e. The Morgan fingerprint density at radius 3 is 3.07 bits per heavy atom. The van der Waals surface area contributed by atoms with E-state index < -0.39 is 0 Å². The van der Waals surface area contributed by atoms with Crippen LogP contribution in [0.1, 0.15) is 24.7 Å². The Bertz CT molecular complexity index is 479. The molecule has 0 aliphatic carbocycles. The maximum absolute atomic E-state index is 8.87. The summed E-state index contributed by atoms with van der Waals surface area (Å²) in [7, 11) is 0. The average molecular weight is 219 g/mol. The number of nitriles is 1. The third kappa shape index (κ3) is 1.74. The Balaban J connectivity index is 2.49. The molecule has 15 heavy (non-hydrogen) atoms. The molecule has 0 N–H and O–H groups in total. The number of hydrogen-bond donors (Lipinski definition) is 0. The van der Waals surface area contributed by atoms with Gasteiger partial charge in [0, 0.05) is 11.6 Å². The van der Waals surface area contributed by atoms with Crippen molar-refractivity contribution in [2.45, 2.75) is 19.8 Å². The van der Waals surface area contributed by atoms with Gasteiger partial charge in [0.2, 0.25) is 5.13 Å². The molecule has 0 saturated carbocycles. The third-order valence-electron chi connectivity index (χ3n) is 1.96. The van der Waals surface area contributed by atoms with E-state index in [2.05, 4.69) is 22.2 Å². The lowest BCUT2D eigenvalue weighted by molar-refractivity contribution is 0.741. The van der Waals surface area contributed by atoms with Gasteiger partial charge in [0.25, 0.3) is 0 Å². The fourth-order valence-electron chi connectivity index (χ4n) is 1.32. The van der Waals surface area contributed by atoms with E-state index in [1.165, 1.54) is 11.3 Å². The minimum Gasteiger partial charge on any atom is -0.227 e. The van der Waals surface area contributed by atoms with Crippen molar-refractivity contribution >= 4 is 11.3 Å². The lowest BCUT2D eigenvalue weighted by Gasteiger charge is -2.00. The molecule has 2 heterocycles. The van der Waals surface area contributed by atoms with Gasteiger partial charge in [-0.1, -0.05) is 18.6 Å². The first-order valence-electron chi connectivity index (χ1n) is 4.61. The summed E-state index contributed by atoms with van der Waals surface area (Å²) in [5, 5.41) is 19.3. The van der Waals surface area contributed by atoms with Gasteiger partial charge in [-0.3, -0.25) is 0 Å². The largest absolute Gasteiger partial charge is 0.227 e. The molecule has 0 aromatic carbocycles. The van der Waals surface area contributed by atoms with E-state index >= 15 is 0 Å². The van der Waals surface area contributed by atoms with Crippen molar-refractivity contribution in [3.8, 4) is 11.2 Å². The van der Waals surface area contributed by atoms with Crippen LogP contribution in [-0.4, -0.2) is 20.0 Å². The van der Waals surface area contributed by atoms with Crippen molar-refractivity contribution in [2.75, 3.05) is 0 Å². The number of hydrogen-bond acceptors (Lipinski definition) is 5. The summed E-state index contributed by atoms with van der Waals surface area (Å²) in [5.74, 6) is 0. The number of rotatable bonds is 3. The van der Waals surface area contributed by atoms with Gasteiger partial charge in [0.15, 0.2) is 5.69 Å². The Kier molecular flexibility index (Phi) is 2.74. The van der Waals surface area contributed by atoms with Gasteiger partial charge in [0.05, 0.1) is 5.69 Å². The summed E-state index contributed by atoms with van der Waals surface area (Å²) in [5.41, 5.74) is 1.24. The standard InChI is InChI=1S/C9H9N5S/c1-2-3-8-7(6-10)12-13-14(8)9-11-4-5-15-9/h4-5H,2-3H2,1H3. The van der Waals surface area contributed by atoms with Crippen molar-refractivity contribution < 1.29 is 0 Å². The normalized spacial score (nSPS) is 10.1. The molecule has 5 nitrogen and oxygen atoms in total. The maximum atomic E-state index is 8.87. The van der Waals surface area contributed by atoms with E-state index in [1.807, 2.05) is 11.4 Å². The summed E-state index contributed by atoms with van der Waals surface area (Å²) in [6.45, 7) is 2.06.